The third kappa shape index (κ3) is 2.96. The van der Waals surface area contributed by atoms with Crippen molar-refractivity contribution in [2.24, 2.45) is 0 Å². The summed E-state index contributed by atoms with van der Waals surface area (Å²) in [5, 5.41) is 0. The average molecular weight is 297 g/mol. The maximum atomic E-state index is 13.5. The normalized spacial score (nSPS) is 11.6. The number of sulfone groups is 1. The molecule has 2 aromatic rings. The van der Waals surface area contributed by atoms with Gasteiger partial charge in [-0.25, -0.2) is 17.2 Å². The number of halogens is 2. The fraction of sp³-hybridized carbons (Fsp3) is 0.143. The van der Waals surface area contributed by atoms with Crippen molar-refractivity contribution in [3.63, 3.8) is 0 Å². The van der Waals surface area contributed by atoms with Gasteiger partial charge in [0.1, 0.15) is 11.6 Å². The molecule has 0 fully saturated rings. The van der Waals surface area contributed by atoms with Gasteiger partial charge in [-0.15, -0.1) is 0 Å². The fourth-order valence-electron chi connectivity index (χ4n) is 1.85. The molecule has 6 heteroatoms. The maximum absolute atomic E-state index is 13.5. The summed E-state index contributed by atoms with van der Waals surface area (Å²) in [7, 11) is -3.84. The van der Waals surface area contributed by atoms with Crippen LogP contribution in [-0.4, -0.2) is 8.42 Å². The molecule has 0 saturated carbocycles. The minimum absolute atomic E-state index is 0.0684. The summed E-state index contributed by atoms with van der Waals surface area (Å²) < 4.78 is 51.2. The predicted octanol–water partition coefficient (Wildman–Crippen LogP) is 2.83. The van der Waals surface area contributed by atoms with E-state index in [9.17, 15) is 17.2 Å². The second kappa shape index (κ2) is 5.20. The van der Waals surface area contributed by atoms with Crippen molar-refractivity contribution in [2.75, 3.05) is 5.73 Å². The Bertz CT molecular complexity index is 758. The van der Waals surface area contributed by atoms with Crippen molar-refractivity contribution in [1.82, 2.24) is 0 Å². The van der Waals surface area contributed by atoms with E-state index in [1.807, 2.05) is 0 Å². The van der Waals surface area contributed by atoms with Gasteiger partial charge in [-0.3, -0.25) is 0 Å². The van der Waals surface area contributed by atoms with Gasteiger partial charge in [-0.05, 0) is 42.8 Å². The van der Waals surface area contributed by atoms with Crippen LogP contribution in [0.3, 0.4) is 0 Å². The summed E-state index contributed by atoms with van der Waals surface area (Å²) in [5.41, 5.74) is 6.24. The molecule has 3 nitrogen and oxygen atoms in total. The van der Waals surface area contributed by atoms with E-state index in [4.69, 9.17) is 5.73 Å². The Morgan fingerprint density at radius 1 is 1.10 bits per heavy atom. The van der Waals surface area contributed by atoms with E-state index in [1.54, 1.807) is 13.0 Å². The molecule has 0 radical (unpaired) electrons. The minimum Gasteiger partial charge on any atom is -0.398 e. The molecule has 0 unspecified atom stereocenters. The average Bonchev–Trinajstić information content (AvgIpc) is 2.36. The standard InChI is InChI=1S/C14H13F2NO2S/c1-9-2-5-13(17)14(6-9)20(18,19)8-10-7-11(15)3-4-12(10)16/h2-7H,8,17H2,1H3. The SMILES string of the molecule is Cc1ccc(N)c(S(=O)(=O)Cc2cc(F)ccc2F)c1. The summed E-state index contributed by atoms with van der Waals surface area (Å²) in [6.45, 7) is 1.72. The van der Waals surface area contributed by atoms with Gasteiger partial charge < -0.3 is 5.73 Å². The highest BCUT2D eigenvalue weighted by Crippen LogP contribution is 2.24. The van der Waals surface area contributed by atoms with Crippen LogP contribution in [0, 0.1) is 18.6 Å². The van der Waals surface area contributed by atoms with Crippen LogP contribution in [0.1, 0.15) is 11.1 Å². The largest absolute Gasteiger partial charge is 0.398 e. The molecule has 106 valence electrons. The van der Waals surface area contributed by atoms with Crippen molar-refractivity contribution in [3.05, 3.63) is 59.2 Å². The fourth-order valence-corrected chi connectivity index (χ4v) is 3.43. The van der Waals surface area contributed by atoms with Gasteiger partial charge in [0.2, 0.25) is 0 Å². The first kappa shape index (κ1) is 14.5. The highest BCUT2D eigenvalue weighted by molar-refractivity contribution is 7.90. The van der Waals surface area contributed by atoms with Crippen molar-refractivity contribution in [1.29, 1.82) is 0 Å². The molecule has 2 aromatic carbocycles. The van der Waals surface area contributed by atoms with Crippen LogP contribution in [0.5, 0.6) is 0 Å². The second-order valence-electron chi connectivity index (χ2n) is 4.54. The molecule has 0 aromatic heterocycles. The lowest BCUT2D eigenvalue weighted by Gasteiger charge is -2.09. The predicted molar refractivity (Wildman–Crippen MR) is 72.8 cm³/mol. The van der Waals surface area contributed by atoms with Gasteiger partial charge in [0.25, 0.3) is 0 Å². The van der Waals surface area contributed by atoms with E-state index in [-0.39, 0.29) is 16.1 Å². The molecule has 20 heavy (non-hydrogen) atoms. The van der Waals surface area contributed by atoms with Crippen molar-refractivity contribution in [2.45, 2.75) is 17.6 Å². The molecule has 0 bridgehead atoms. The molecule has 0 aliphatic carbocycles. The number of anilines is 1. The molecule has 0 aliphatic heterocycles. The highest BCUT2D eigenvalue weighted by Gasteiger charge is 2.20. The Labute approximate surface area is 116 Å². The molecular weight excluding hydrogens is 284 g/mol. The quantitative estimate of drug-likeness (QED) is 0.886. The first-order valence-electron chi connectivity index (χ1n) is 5.82. The Morgan fingerprint density at radius 3 is 2.50 bits per heavy atom. The number of benzene rings is 2. The van der Waals surface area contributed by atoms with Crippen LogP contribution in [-0.2, 0) is 15.6 Å². The second-order valence-corrected chi connectivity index (χ2v) is 6.49. The van der Waals surface area contributed by atoms with E-state index in [2.05, 4.69) is 0 Å². The number of rotatable bonds is 3. The van der Waals surface area contributed by atoms with Crippen molar-refractivity contribution >= 4 is 15.5 Å². The molecule has 2 rings (SSSR count). The van der Waals surface area contributed by atoms with E-state index in [0.29, 0.717) is 0 Å². The number of hydrogen-bond donors (Lipinski definition) is 1. The van der Waals surface area contributed by atoms with Crippen LogP contribution < -0.4 is 5.73 Å². The van der Waals surface area contributed by atoms with Crippen LogP contribution in [0.15, 0.2) is 41.3 Å². The summed E-state index contributed by atoms with van der Waals surface area (Å²) in [5.74, 6) is -2.08. The molecule has 0 atom stereocenters. The molecule has 0 heterocycles. The molecule has 0 saturated heterocycles. The lowest BCUT2D eigenvalue weighted by molar-refractivity contribution is 0.579. The Hall–Kier alpha value is -1.95. The lowest BCUT2D eigenvalue weighted by Crippen LogP contribution is -2.09. The monoisotopic (exact) mass is 297 g/mol. The minimum atomic E-state index is -3.84. The van der Waals surface area contributed by atoms with Crippen LogP contribution >= 0.6 is 0 Å². The number of nitrogens with two attached hydrogens (primary N) is 1. The first-order chi connectivity index (χ1) is 9.29. The van der Waals surface area contributed by atoms with Gasteiger partial charge in [0, 0.05) is 5.56 Å². The van der Waals surface area contributed by atoms with Crippen LogP contribution in [0.25, 0.3) is 0 Å². The maximum Gasteiger partial charge on any atom is 0.184 e. The van der Waals surface area contributed by atoms with Crippen LogP contribution in [0.4, 0.5) is 14.5 Å². The molecule has 2 N–H and O–H groups in total. The summed E-state index contributed by atoms with van der Waals surface area (Å²) in [6, 6.07) is 7.29. The molecule has 0 amide bonds. The van der Waals surface area contributed by atoms with Gasteiger partial charge in [-0.1, -0.05) is 6.07 Å². The number of aryl methyl sites for hydroxylation is 1. The number of hydrogen-bond acceptors (Lipinski definition) is 3. The van der Waals surface area contributed by atoms with Crippen molar-refractivity contribution in [3.8, 4) is 0 Å². The zero-order valence-corrected chi connectivity index (χ0v) is 11.5. The third-order valence-electron chi connectivity index (χ3n) is 2.86. The van der Waals surface area contributed by atoms with E-state index < -0.39 is 27.2 Å². The van der Waals surface area contributed by atoms with E-state index in [0.717, 1.165) is 23.8 Å². The third-order valence-corrected chi connectivity index (χ3v) is 4.57. The van der Waals surface area contributed by atoms with Gasteiger partial charge in [-0.2, -0.15) is 0 Å². The summed E-state index contributed by atoms with van der Waals surface area (Å²) >= 11 is 0. The smallest absolute Gasteiger partial charge is 0.184 e. The van der Waals surface area contributed by atoms with Crippen molar-refractivity contribution < 1.29 is 17.2 Å². The zero-order chi connectivity index (χ0) is 14.9. The molecule has 0 spiro atoms. The van der Waals surface area contributed by atoms with Gasteiger partial charge in [0.05, 0.1) is 16.3 Å². The Balaban J connectivity index is 2.46. The summed E-state index contributed by atoms with van der Waals surface area (Å²) in [4.78, 5) is -0.0684. The Morgan fingerprint density at radius 2 is 1.80 bits per heavy atom. The summed E-state index contributed by atoms with van der Waals surface area (Å²) in [6.07, 6.45) is 0. The topological polar surface area (TPSA) is 60.2 Å². The van der Waals surface area contributed by atoms with Gasteiger partial charge in [0.15, 0.2) is 9.84 Å². The van der Waals surface area contributed by atoms with E-state index in [1.165, 1.54) is 12.1 Å². The first-order valence-corrected chi connectivity index (χ1v) is 7.47. The van der Waals surface area contributed by atoms with Gasteiger partial charge >= 0.3 is 0 Å². The van der Waals surface area contributed by atoms with Crippen LogP contribution in [0.2, 0.25) is 0 Å². The molecule has 0 aliphatic rings. The lowest BCUT2D eigenvalue weighted by atomic mass is 10.2. The Kier molecular flexibility index (Phi) is 3.76. The van der Waals surface area contributed by atoms with E-state index >= 15 is 0 Å². The number of nitrogen functional groups attached to an aromatic ring is 1. The zero-order valence-electron chi connectivity index (χ0n) is 10.7. The molecular formula is C14H13F2NO2S. The highest BCUT2D eigenvalue weighted by atomic mass is 32.2.